The molecular formula is C15H18N4O4S. The molecule has 1 aliphatic rings. The standard InChI is InChI=1S/C15H18N4O4S/c1-24(21,22)19-10-6-5-9-12(19)13(20)16-15-18-17-14(23-15)11-7-3-2-4-8-11/h2-4,7-8,12H,5-6,9-10H2,1H3,(H,16,18,20). The Morgan fingerprint density at radius 1 is 1.25 bits per heavy atom. The van der Waals surface area contributed by atoms with Crippen LogP contribution in [-0.2, 0) is 14.8 Å². The van der Waals surface area contributed by atoms with Crippen LogP contribution in [0.2, 0.25) is 0 Å². The SMILES string of the molecule is CS(=O)(=O)N1CCCCC1C(=O)Nc1nnc(-c2ccccc2)o1. The Bertz CT molecular complexity index is 819. The lowest BCUT2D eigenvalue weighted by atomic mass is 10.0. The van der Waals surface area contributed by atoms with Crippen molar-refractivity contribution < 1.29 is 17.6 Å². The van der Waals surface area contributed by atoms with E-state index in [4.69, 9.17) is 4.42 Å². The fourth-order valence-corrected chi connectivity index (χ4v) is 3.85. The summed E-state index contributed by atoms with van der Waals surface area (Å²) in [7, 11) is -3.44. The zero-order chi connectivity index (χ0) is 17.2. The number of nitrogens with one attached hydrogen (secondary N) is 1. The summed E-state index contributed by atoms with van der Waals surface area (Å²) in [4.78, 5) is 12.4. The Hall–Kier alpha value is -2.26. The van der Waals surface area contributed by atoms with Crippen molar-refractivity contribution in [1.82, 2.24) is 14.5 Å². The zero-order valence-electron chi connectivity index (χ0n) is 13.2. The number of rotatable bonds is 4. The van der Waals surface area contributed by atoms with Gasteiger partial charge < -0.3 is 4.42 Å². The molecule has 8 nitrogen and oxygen atoms in total. The molecular weight excluding hydrogens is 332 g/mol. The number of nitrogens with zero attached hydrogens (tertiary/aromatic N) is 3. The number of hydrogen-bond donors (Lipinski definition) is 1. The van der Waals surface area contributed by atoms with Gasteiger partial charge in [-0.25, -0.2) is 8.42 Å². The van der Waals surface area contributed by atoms with Crippen LogP contribution in [0.5, 0.6) is 0 Å². The third-order valence-corrected chi connectivity index (χ3v) is 5.15. The van der Waals surface area contributed by atoms with Gasteiger partial charge in [0.15, 0.2) is 0 Å². The maximum atomic E-state index is 12.4. The van der Waals surface area contributed by atoms with Gasteiger partial charge in [-0.2, -0.15) is 4.31 Å². The van der Waals surface area contributed by atoms with Crippen LogP contribution in [-0.4, -0.2) is 47.7 Å². The van der Waals surface area contributed by atoms with E-state index in [1.54, 1.807) is 0 Å². The van der Waals surface area contributed by atoms with Crippen LogP contribution in [0.15, 0.2) is 34.7 Å². The Balaban J connectivity index is 1.74. The van der Waals surface area contributed by atoms with Gasteiger partial charge in [0, 0.05) is 12.1 Å². The van der Waals surface area contributed by atoms with Crippen molar-refractivity contribution in [2.75, 3.05) is 18.1 Å². The molecule has 1 aromatic carbocycles. The lowest BCUT2D eigenvalue weighted by molar-refractivity contribution is -0.120. The molecule has 1 N–H and O–H groups in total. The summed E-state index contributed by atoms with van der Waals surface area (Å²) in [6.07, 6.45) is 3.12. The lowest BCUT2D eigenvalue weighted by Gasteiger charge is -2.32. The summed E-state index contributed by atoms with van der Waals surface area (Å²) >= 11 is 0. The van der Waals surface area contributed by atoms with Gasteiger partial charge in [-0.3, -0.25) is 10.1 Å². The van der Waals surface area contributed by atoms with Crippen LogP contribution in [0, 0.1) is 0 Å². The highest BCUT2D eigenvalue weighted by molar-refractivity contribution is 7.88. The second-order valence-electron chi connectivity index (χ2n) is 5.65. The Morgan fingerprint density at radius 2 is 2.00 bits per heavy atom. The summed E-state index contributed by atoms with van der Waals surface area (Å²) in [5.41, 5.74) is 0.737. The molecule has 1 aliphatic heterocycles. The van der Waals surface area contributed by atoms with E-state index in [0.29, 0.717) is 13.0 Å². The van der Waals surface area contributed by atoms with E-state index in [2.05, 4.69) is 15.5 Å². The molecule has 2 aromatic rings. The highest BCUT2D eigenvalue weighted by Gasteiger charge is 2.35. The number of aromatic nitrogens is 2. The summed E-state index contributed by atoms with van der Waals surface area (Å²) in [5, 5.41) is 10.2. The van der Waals surface area contributed by atoms with Crippen molar-refractivity contribution >= 4 is 21.9 Å². The normalized spacial score (nSPS) is 19.1. The van der Waals surface area contributed by atoms with Crippen LogP contribution in [0.1, 0.15) is 19.3 Å². The van der Waals surface area contributed by atoms with Gasteiger partial charge in [0.05, 0.1) is 6.26 Å². The second-order valence-corrected chi connectivity index (χ2v) is 7.59. The minimum atomic E-state index is -3.44. The van der Waals surface area contributed by atoms with E-state index in [9.17, 15) is 13.2 Å². The number of carbonyl (C=O) groups is 1. The lowest BCUT2D eigenvalue weighted by Crippen LogP contribution is -2.49. The molecule has 0 radical (unpaired) electrons. The maximum absolute atomic E-state index is 12.4. The van der Waals surface area contributed by atoms with Crippen LogP contribution in [0.3, 0.4) is 0 Å². The first-order chi connectivity index (χ1) is 11.4. The Kier molecular flexibility index (Phi) is 4.63. The quantitative estimate of drug-likeness (QED) is 0.895. The van der Waals surface area contributed by atoms with Gasteiger partial charge in [-0.15, -0.1) is 5.10 Å². The van der Waals surface area contributed by atoms with Crippen LogP contribution < -0.4 is 5.32 Å². The fraction of sp³-hybridized carbons (Fsp3) is 0.400. The number of piperidine rings is 1. The van der Waals surface area contributed by atoms with Crippen molar-refractivity contribution in [1.29, 1.82) is 0 Å². The molecule has 0 bridgehead atoms. The number of benzene rings is 1. The molecule has 0 saturated carbocycles. The summed E-state index contributed by atoms with van der Waals surface area (Å²) in [6.45, 7) is 0.343. The fourth-order valence-electron chi connectivity index (χ4n) is 2.72. The van der Waals surface area contributed by atoms with Crippen LogP contribution in [0.25, 0.3) is 11.5 Å². The molecule has 9 heteroatoms. The highest BCUT2D eigenvalue weighted by Crippen LogP contribution is 2.23. The molecule has 0 spiro atoms. The minimum Gasteiger partial charge on any atom is -0.403 e. The van der Waals surface area contributed by atoms with Crippen molar-refractivity contribution in [2.45, 2.75) is 25.3 Å². The van der Waals surface area contributed by atoms with E-state index in [-0.39, 0.29) is 11.9 Å². The molecule has 1 saturated heterocycles. The predicted molar refractivity (Wildman–Crippen MR) is 87.6 cm³/mol. The van der Waals surface area contributed by atoms with Gasteiger partial charge in [-0.1, -0.05) is 29.7 Å². The van der Waals surface area contributed by atoms with Gasteiger partial charge in [0.2, 0.25) is 21.8 Å². The van der Waals surface area contributed by atoms with Crippen molar-refractivity contribution in [2.24, 2.45) is 0 Å². The first-order valence-electron chi connectivity index (χ1n) is 7.62. The Labute approximate surface area is 139 Å². The molecule has 1 amide bonds. The summed E-state index contributed by atoms with van der Waals surface area (Å²) in [5.74, 6) is -0.169. The average molecular weight is 350 g/mol. The van der Waals surface area contributed by atoms with E-state index < -0.39 is 22.0 Å². The topological polar surface area (TPSA) is 105 Å². The smallest absolute Gasteiger partial charge is 0.322 e. The van der Waals surface area contributed by atoms with E-state index in [1.807, 2.05) is 30.3 Å². The molecule has 3 rings (SSSR count). The van der Waals surface area contributed by atoms with E-state index >= 15 is 0 Å². The third kappa shape index (κ3) is 3.62. The number of carbonyl (C=O) groups excluding carboxylic acids is 1. The van der Waals surface area contributed by atoms with Crippen molar-refractivity contribution in [3.05, 3.63) is 30.3 Å². The number of anilines is 1. The largest absolute Gasteiger partial charge is 0.403 e. The second kappa shape index (κ2) is 6.70. The molecule has 24 heavy (non-hydrogen) atoms. The molecule has 1 aromatic heterocycles. The molecule has 1 unspecified atom stereocenters. The van der Waals surface area contributed by atoms with Gasteiger partial charge in [0.1, 0.15) is 6.04 Å². The van der Waals surface area contributed by atoms with Crippen molar-refractivity contribution in [3.8, 4) is 11.5 Å². The molecule has 1 atom stereocenters. The van der Waals surface area contributed by atoms with Gasteiger partial charge >= 0.3 is 6.01 Å². The van der Waals surface area contributed by atoms with Crippen molar-refractivity contribution in [3.63, 3.8) is 0 Å². The molecule has 1 fully saturated rings. The third-order valence-electron chi connectivity index (χ3n) is 3.86. The zero-order valence-corrected chi connectivity index (χ0v) is 14.0. The number of amides is 1. The molecule has 0 aliphatic carbocycles. The van der Waals surface area contributed by atoms with E-state index in [1.165, 1.54) is 4.31 Å². The minimum absolute atomic E-state index is 0.0436. The van der Waals surface area contributed by atoms with Gasteiger partial charge in [0.25, 0.3) is 0 Å². The summed E-state index contributed by atoms with van der Waals surface area (Å²) in [6, 6.07) is 8.37. The maximum Gasteiger partial charge on any atom is 0.322 e. The predicted octanol–water partition coefficient (Wildman–Crippen LogP) is 1.49. The Morgan fingerprint density at radius 3 is 2.71 bits per heavy atom. The van der Waals surface area contributed by atoms with E-state index in [0.717, 1.165) is 24.7 Å². The molecule has 128 valence electrons. The first kappa shape index (κ1) is 16.6. The monoisotopic (exact) mass is 350 g/mol. The molecule has 2 heterocycles. The van der Waals surface area contributed by atoms with Crippen LogP contribution in [0.4, 0.5) is 6.01 Å². The highest BCUT2D eigenvalue weighted by atomic mass is 32.2. The number of hydrogen-bond acceptors (Lipinski definition) is 6. The summed E-state index contributed by atoms with van der Waals surface area (Å²) < 4.78 is 30.3. The average Bonchev–Trinajstić information content (AvgIpc) is 3.03. The first-order valence-corrected chi connectivity index (χ1v) is 9.46. The van der Waals surface area contributed by atoms with Crippen LogP contribution >= 0.6 is 0 Å². The number of sulfonamides is 1. The van der Waals surface area contributed by atoms with Gasteiger partial charge in [-0.05, 0) is 25.0 Å².